The van der Waals surface area contributed by atoms with E-state index in [0.717, 1.165) is 6.42 Å². The minimum absolute atomic E-state index is 0.245. The molecule has 0 aliphatic carbocycles. The predicted molar refractivity (Wildman–Crippen MR) is 61.5 cm³/mol. The minimum Gasteiger partial charge on any atom is -0.481 e. The second kappa shape index (κ2) is 7.84. The van der Waals surface area contributed by atoms with Gasteiger partial charge < -0.3 is 5.11 Å². The highest BCUT2D eigenvalue weighted by atomic mass is 16.4. The summed E-state index contributed by atoms with van der Waals surface area (Å²) in [5, 5.41) is 8.48. The van der Waals surface area contributed by atoms with E-state index < -0.39 is 5.97 Å². The number of aliphatic carboxylic acids is 1. The van der Waals surface area contributed by atoms with E-state index in [1.165, 1.54) is 6.42 Å². The topological polar surface area (TPSA) is 37.3 Å². The zero-order valence-electron chi connectivity index (χ0n) is 10.6. The van der Waals surface area contributed by atoms with Crippen LogP contribution in [0.2, 0.25) is 0 Å². The normalized spacial score (nSPS) is 12.7. The molecule has 0 aromatic carbocycles. The monoisotopic (exact) mass is 202 g/mol. The lowest BCUT2D eigenvalue weighted by atomic mass is 9.84. The summed E-state index contributed by atoms with van der Waals surface area (Å²) >= 11 is 0. The molecule has 0 rings (SSSR count). The minimum atomic E-state index is -0.693. The Hall–Kier alpha value is -0.530. The molecule has 0 spiro atoms. The van der Waals surface area contributed by atoms with Crippen molar-refractivity contribution in [3.63, 3.8) is 0 Å². The van der Waals surface area contributed by atoms with Gasteiger partial charge in [-0.3, -0.25) is 4.79 Å². The van der Waals surface area contributed by atoms with E-state index in [-0.39, 0.29) is 17.8 Å². The van der Waals surface area contributed by atoms with Crippen LogP contribution in [0.25, 0.3) is 0 Å². The lowest BCUT2D eigenvalue weighted by Crippen LogP contribution is -2.13. The van der Waals surface area contributed by atoms with Crippen LogP contribution in [0.15, 0.2) is 0 Å². The maximum atomic E-state index is 10.3. The highest BCUT2D eigenvalue weighted by Crippen LogP contribution is 2.25. The third-order valence-electron chi connectivity index (χ3n) is 1.48. The Morgan fingerprint density at radius 1 is 1.29 bits per heavy atom. The number of hydrogen-bond donors (Lipinski definition) is 1. The Bertz CT molecular complexity index is 145. The third-order valence-corrected chi connectivity index (χ3v) is 1.48. The summed E-state index contributed by atoms with van der Waals surface area (Å²) in [6.07, 6.45) is 2.51. The van der Waals surface area contributed by atoms with Crippen molar-refractivity contribution < 1.29 is 9.90 Å². The Kier molecular flexibility index (Phi) is 8.91. The number of carboxylic acid groups (broad SMARTS) is 1. The quantitative estimate of drug-likeness (QED) is 0.752. The second-order valence-electron chi connectivity index (χ2n) is 5.17. The van der Waals surface area contributed by atoms with Gasteiger partial charge in [-0.25, -0.2) is 0 Å². The lowest BCUT2D eigenvalue weighted by Gasteiger charge is -2.21. The fourth-order valence-electron chi connectivity index (χ4n) is 1.42. The third kappa shape index (κ3) is 17.5. The fraction of sp³-hybridized carbons (Fsp3) is 0.917. The average Bonchev–Trinajstić information content (AvgIpc) is 1.80. The van der Waals surface area contributed by atoms with Crippen molar-refractivity contribution in [3.8, 4) is 0 Å². The van der Waals surface area contributed by atoms with Crippen LogP contribution in [0.1, 0.15) is 60.8 Å². The lowest BCUT2D eigenvalue weighted by molar-refractivity contribution is -0.138. The molecular weight excluding hydrogens is 176 g/mol. The van der Waals surface area contributed by atoms with Gasteiger partial charge in [0, 0.05) is 6.42 Å². The largest absolute Gasteiger partial charge is 0.481 e. The first-order valence-electron chi connectivity index (χ1n) is 5.44. The Morgan fingerprint density at radius 2 is 1.64 bits per heavy atom. The van der Waals surface area contributed by atoms with Crippen LogP contribution in [0.5, 0.6) is 0 Å². The van der Waals surface area contributed by atoms with Crippen LogP contribution in [0, 0.1) is 11.3 Å². The van der Waals surface area contributed by atoms with Gasteiger partial charge in [0.2, 0.25) is 0 Å². The Labute approximate surface area is 88.7 Å². The standard InChI is InChI=1S/C9H18O2.C3H8/c1-7(5-8(10)11)6-9(2,3)4;1-3-2/h7H,5-6H2,1-4H3,(H,10,11);3H2,1-2H3. The van der Waals surface area contributed by atoms with Gasteiger partial charge in [0.25, 0.3) is 0 Å². The summed E-state index contributed by atoms with van der Waals surface area (Å²) < 4.78 is 0. The summed E-state index contributed by atoms with van der Waals surface area (Å²) in [5.41, 5.74) is 0.245. The maximum absolute atomic E-state index is 10.3. The van der Waals surface area contributed by atoms with Crippen LogP contribution in [0.3, 0.4) is 0 Å². The van der Waals surface area contributed by atoms with Crippen LogP contribution < -0.4 is 0 Å². The maximum Gasteiger partial charge on any atom is 0.303 e. The van der Waals surface area contributed by atoms with E-state index in [9.17, 15) is 4.79 Å². The number of hydrogen-bond acceptors (Lipinski definition) is 1. The van der Waals surface area contributed by atoms with Crippen molar-refractivity contribution in [2.45, 2.75) is 60.8 Å². The van der Waals surface area contributed by atoms with E-state index in [1.807, 2.05) is 6.92 Å². The molecule has 0 amide bonds. The molecular formula is C12H26O2. The van der Waals surface area contributed by atoms with Crippen molar-refractivity contribution in [1.29, 1.82) is 0 Å². The molecule has 1 atom stereocenters. The van der Waals surface area contributed by atoms with E-state index in [0.29, 0.717) is 0 Å². The van der Waals surface area contributed by atoms with Crippen molar-refractivity contribution in [2.24, 2.45) is 11.3 Å². The molecule has 0 aliphatic rings. The van der Waals surface area contributed by atoms with E-state index in [1.54, 1.807) is 0 Å². The molecule has 2 nitrogen and oxygen atoms in total. The molecule has 0 aliphatic heterocycles. The summed E-state index contributed by atoms with van der Waals surface area (Å²) in [4.78, 5) is 10.3. The molecule has 0 bridgehead atoms. The van der Waals surface area contributed by atoms with Crippen molar-refractivity contribution in [2.75, 3.05) is 0 Å². The summed E-state index contributed by atoms with van der Waals surface area (Å²) in [5.74, 6) is -0.408. The van der Waals surface area contributed by atoms with Crippen LogP contribution in [-0.4, -0.2) is 11.1 Å². The Morgan fingerprint density at radius 3 is 1.86 bits per heavy atom. The van der Waals surface area contributed by atoms with Gasteiger partial charge in [-0.1, -0.05) is 48.0 Å². The van der Waals surface area contributed by atoms with Crippen molar-refractivity contribution >= 4 is 5.97 Å². The smallest absolute Gasteiger partial charge is 0.303 e. The zero-order valence-corrected chi connectivity index (χ0v) is 10.6. The zero-order chi connectivity index (χ0) is 11.8. The van der Waals surface area contributed by atoms with Crippen LogP contribution in [0.4, 0.5) is 0 Å². The van der Waals surface area contributed by atoms with Crippen LogP contribution >= 0.6 is 0 Å². The first kappa shape index (κ1) is 15.9. The summed E-state index contributed by atoms with van der Waals surface area (Å²) in [6, 6.07) is 0. The number of carboxylic acids is 1. The van der Waals surface area contributed by atoms with E-state index >= 15 is 0 Å². The first-order chi connectivity index (χ1) is 6.22. The van der Waals surface area contributed by atoms with Crippen molar-refractivity contribution in [3.05, 3.63) is 0 Å². The summed E-state index contributed by atoms with van der Waals surface area (Å²) in [7, 11) is 0. The molecule has 0 saturated carbocycles. The molecule has 0 aromatic heterocycles. The van der Waals surface area contributed by atoms with Gasteiger partial charge in [0.1, 0.15) is 0 Å². The molecule has 0 fully saturated rings. The molecule has 2 heteroatoms. The average molecular weight is 202 g/mol. The van der Waals surface area contributed by atoms with Gasteiger partial charge in [-0.15, -0.1) is 0 Å². The second-order valence-corrected chi connectivity index (χ2v) is 5.17. The van der Waals surface area contributed by atoms with Gasteiger partial charge in [-0.2, -0.15) is 0 Å². The molecule has 14 heavy (non-hydrogen) atoms. The number of rotatable bonds is 3. The van der Waals surface area contributed by atoms with Gasteiger partial charge in [0.15, 0.2) is 0 Å². The molecule has 86 valence electrons. The SMILES string of the molecule is CC(CC(=O)O)CC(C)(C)C.CCC. The molecule has 0 saturated heterocycles. The van der Waals surface area contributed by atoms with Crippen LogP contribution in [-0.2, 0) is 4.79 Å². The highest BCUT2D eigenvalue weighted by molar-refractivity contribution is 5.66. The highest BCUT2D eigenvalue weighted by Gasteiger charge is 2.16. The fourth-order valence-corrected chi connectivity index (χ4v) is 1.42. The van der Waals surface area contributed by atoms with E-state index in [4.69, 9.17) is 5.11 Å². The molecule has 0 aromatic rings. The van der Waals surface area contributed by atoms with Gasteiger partial charge in [-0.05, 0) is 17.8 Å². The Balaban J connectivity index is 0. The summed E-state index contributed by atoms with van der Waals surface area (Å²) in [6.45, 7) is 12.6. The predicted octanol–water partition coefficient (Wildman–Crippen LogP) is 3.95. The molecule has 1 N–H and O–H groups in total. The van der Waals surface area contributed by atoms with Gasteiger partial charge in [0.05, 0.1) is 0 Å². The van der Waals surface area contributed by atoms with Gasteiger partial charge >= 0.3 is 5.97 Å². The van der Waals surface area contributed by atoms with E-state index in [2.05, 4.69) is 34.6 Å². The van der Waals surface area contributed by atoms with Crippen molar-refractivity contribution in [1.82, 2.24) is 0 Å². The first-order valence-corrected chi connectivity index (χ1v) is 5.44. The molecule has 1 unspecified atom stereocenters. The number of carbonyl (C=O) groups is 1. The molecule has 0 heterocycles. The molecule has 0 radical (unpaired) electrons.